The molecule has 2 aromatic rings. The molecule has 0 radical (unpaired) electrons. The summed E-state index contributed by atoms with van der Waals surface area (Å²) in [5, 5.41) is 24.5. The molecule has 152 valence electrons. The van der Waals surface area contributed by atoms with Crippen LogP contribution in [0.3, 0.4) is 0 Å². The summed E-state index contributed by atoms with van der Waals surface area (Å²) in [6.07, 6.45) is -6.22. The lowest BCUT2D eigenvalue weighted by molar-refractivity contribution is -0.384. The molecule has 0 saturated heterocycles. The number of hydrogen-bond acceptors (Lipinski definition) is 6. The van der Waals surface area contributed by atoms with E-state index in [2.05, 4.69) is 5.10 Å². The average Bonchev–Trinajstić information content (AvgIpc) is 3.06. The highest BCUT2D eigenvalue weighted by Crippen LogP contribution is 2.41. The van der Waals surface area contributed by atoms with Crippen molar-refractivity contribution in [2.45, 2.75) is 18.3 Å². The van der Waals surface area contributed by atoms with Crippen LogP contribution in [-0.2, 0) is 4.79 Å². The molecular formula is C18H14F3N3O5. The Morgan fingerprint density at radius 3 is 2.38 bits per heavy atom. The molecule has 1 aliphatic rings. The zero-order valence-corrected chi connectivity index (χ0v) is 14.7. The number of nitrogens with zero attached hydrogens (tertiary/aromatic N) is 3. The first kappa shape index (κ1) is 20.3. The molecule has 1 atom stereocenters. The van der Waals surface area contributed by atoms with E-state index in [4.69, 9.17) is 4.74 Å². The van der Waals surface area contributed by atoms with E-state index >= 15 is 0 Å². The number of ether oxygens (including phenoxy) is 1. The summed E-state index contributed by atoms with van der Waals surface area (Å²) in [5.41, 5.74) is -3.95. The van der Waals surface area contributed by atoms with Crippen LogP contribution in [-0.4, -0.2) is 45.2 Å². The van der Waals surface area contributed by atoms with Crippen LogP contribution in [0.2, 0.25) is 0 Å². The Hall–Kier alpha value is -3.47. The van der Waals surface area contributed by atoms with Crippen LogP contribution in [0.4, 0.5) is 18.9 Å². The summed E-state index contributed by atoms with van der Waals surface area (Å²) in [6, 6.07) is 12.5. The van der Waals surface area contributed by atoms with Gasteiger partial charge in [-0.05, 0) is 29.8 Å². The molecule has 29 heavy (non-hydrogen) atoms. The van der Waals surface area contributed by atoms with Gasteiger partial charge in [-0.15, -0.1) is 0 Å². The number of para-hydroxylation sites is 1. The zero-order valence-electron chi connectivity index (χ0n) is 14.7. The maximum absolute atomic E-state index is 13.5. The van der Waals surface area contributed by atoms with Gasteiger partial charge in [0.05, 0.1) is 17.1 Å². The molecule has 2 aromatic carbocycles. The van der Waals surface area contributed by atoms with E-state index in [1.807, 2.05) is 0 Å². The van der Waals surface area contributed by atoms with Crippen molar-refractivity contribution >= 4 is 17.3 Å². The highest BCUT2D eigenvalue weighted by atomic mass is 19.4. The molecule has 3 rings (SSSR count). The van der Waals surface area contributed by atoms with Crippen molar-refractivity contribution < 1.29 is 32.7 Å². The summed E-state index contributed by atoms with van der Waals surface area (Å²) in [4.78, 5) is 22.4. The first-order valence-electron chi connectivity index (χ1n) is 8.24. The summed E-state index contributed by atoms with van der Waals surface area (Å²) < 4.78 is 45.7. The first-order valence-corrected chi connectivity index (χ1v) is 8.24. The van der Waals surface area contributed by atoms with E-state index in [0.717, 1.165) is 12.1 Å². The smallest absolute Gasteiger partial charge is 0.438 e. The van der Waals surface area contributed by atoms with Gasteiger partial charge in [-0.1, -0.05) is 18.2 Å². The number of halogens is 3. The molecule has 11 heteroatoms. The third kappa shape index (κ3) is 4.04. The Balaban J connectivity index is 1.86. The summed E-state index contributed by atoms with van der Waals surface area (Å²) in [7, 11) is 0. The van der Waals surface area contributed by atoms with Gasteiger partial charge < -0.3 is 9.84 Å². The van der Waals surface area contributed by atoms with E-state index in [1.165, 1.54) is 24.3 Å². The van der Waals surface area contributed by atoms with E-state index in [1.54, 1.807) is 18.2 Å². The Kier molecular flexibility index (Phi) is 5.25. The third-order valence-electron chi connectivity index (χ3n) is 4.19. The summed E-state index contributed by atoms with van der Waals surface area (Å²) in [5.74, 6) is -0.944. The van der Waals surface area contributed by atoms with Crippen LogP contribution >= 0.6 is 0 Å². The normalized spacial score (nSPS) is 19.0. The van der Waals surface area contributed by atoms with Gasteiger partial charge in [0.2, 0.25) is 0 Å². The number of hydrazone groups is 1. The van der Waals surface area contributed by atoms with Crippen LogP contribution in [0.15, 0.2) is 59.7 Å². The molecule has 1 N–H and O–H groups in total. The molecule has 1 aliphatic heterocycles. The average molecular weight is 409 g/mol. The number of nitro groups is 1. The van der Waals surface area contributed by atoms with Gasteiger partial charge in [-0.25, -0.2) is 0 Å². The van der Waals surface area contributed by atoms with Crippen LogP contribution < -0.4 is 4.74 Å². The lowest BCUT2D eigenvalue weighted by Gasteiger charge is -2.32. The van der Waals surface area contributed by atoms with E-state index < -0.39 is 35.8 Å². The highest BCUT2D eigenvalue weighted by Gasteiger charge is 2.63. The quantitative estimate of drug-likeness (QED) is 0.604. The second kappa shape index (κ2) is 7.51. The number of nitro benzene ring substituents is 1. The van der Waals surface area contributed by atoms with Crippen molar-refractivity contribution in [3.63, 3.8) is 0 Å². The number of amides is 1. The number of carbonyl (C=O) groups excluding carboxylic acids is 1. The standard InChI is InChI=1S/C18H14F3N3O5/c19-18(20,21)17(26)10-15(12-6-8-13(9-7-12)24(27)28)22-23(17)16(25)11-29-14-4-2-1-3-5-14/h1-9,26H,10-11H2/t17-/m1/s1. The molecule has 0 spiro atoms. The van der Waals surface area contributed by atoms with Crippen molar-refractivity contribution in [3.05, 3.63) is 70.3 Å². The Morgan fingerprint density at radius 1 is 1.21 bits per heavy atom. The number of hydrogen-bond donors (Lipinski definition) is 1. The summed E-state index contributed by atoms with van der Waals surface area (Å²) >= 11 is 0. The van der Waals surface area contributed by atoms with E-state index in [9.17, 15) is 33.2 Å². The molecule has 0 bridgehead atoms. The number of non-ortho nitro benzene ring substituents is 1. The van der Waals surface area contributed by atoms with Gasteiger partial charge in [0.25, 0.3) is 17.3 Å². The largest absolute Gasteiger partial charge is 0.484 e. The first-order chi connectivity index (χ1) is 13.6. The van der Waals surface area contributed by atoms with Gasteiger partial charge in [-0.3, -0.25) is 14.9 Å². The Morgan fingerprint density at radius 2 is 1.83 bits per heavy atom. The van der Waals surface area contributed by atoms with Crippen LogP contribution in [0.5, 0.6) is 5.75 Å². The lowest BCUT2D eigenvalue weighted by atomic mass is 10.0. The van der Waals surface area contributed by atoms with Crippen molar-refractivity contribution in [1.82, 2.24) is 5.01 Å². The molecule has 0 aliphatic carbocycles. The lowest BCUT2D eigenvalue weighted by Crippen LogP contribution is -2.57. The number of benzene rings is 2. The number of alkyl halides is 3. The molecular weight excluding hydrogens is 395 g/mol. The van der Waals surface area contributed by atoms with Gasteiger partial charge in [0.15, 0.2) is 6.61 Å². The number of rotatable bonds is 5. The van der Waals surface area contributed by atoms with Crippen molar-refractivity contribution in [2.75, 3.05) is 6.61 Å². The van der Waals surface area contributed by atoms with Gasteiger partial charge in [0, 0.05) is 12.1 Å². The second-order valence-corrected chi connectivity index (χ2v) is 6.15. The molecule has 0 aromatic heterocycles. The number of carbonyl (C=O) groups is 1. The van der Waals surface area contributed by atoms with Crippen LogP contribution in [0.1, 0.15) is 12.0 Å². The Labute approximate surface area is 162 Å². The third-order valence-corrected chi connectivity index (χ3v) is 4.19. The van der Waals surface area contributed by atoms with Crippen LogP contribution in [0, 0.1) is 10.1 Å². The second-order valence-electron chi connectivity index (χ2n) is 6.15. The fourth-order valence-corrected chi connectivity index (χ4v) is 2.69. The molecule has 0 saturated carbocycles. The molecule has 1 amide bonds. The predicted molar refractivity (Wildman–Crippen MR) is 94.0 cm³/mol. The predicted octanol–water partition coefficient (Wildman–Crippen LogP) is 2.86. The molecule has 1 heterocycles. The van der Waals surface area contributed by atoms with Crippen LogP contribution in [0.25, 0.3) is 0 Å². The minimum Gasteiger partial charge on any atom is -0.484 e. The van der Waals surface area contributed by atoms with Gasteiger partial charge >= 0.3 is 6.18 Å². The molecule has 8 nitrogen and oxygen atoms in total. The van der Waals surface area contributed by atoms with Crippen molar-refractivity contribution in [2.24, 2.45) is 5.10 Å². The Bertz CT molecular complexity index is 947. The highest BCUT2D eigenvalue weighted by molar-refractivity contribution is 6.03. The molecule has 0 fully saturated rings. The maximum Gasteiger partial charge on any atom is 0.438 e. The minimum atomic E-state index is -5.19. The SMILES string of the molecule is O=C(COc1ccccc1)N1N=C(c2ccc([N+](=O)[O-])cc2)C[C@@]1(O)C(F)(F)F. The maximum atomic E-state index is 13.5. The van der Waals surface area contributed by atoms with Crippen molar-refractivity contribution in [1.29, 1.82) is 0 Å². The monoisotopic (exact) mass is 409 g/mol. The topological polar surface area (TPSA) is 105 Å². The van der Waals surface area contributed by atoms with E-state index in [-0.39, 0.29) is 27.7 Å². The number of aliphatic hydroxyl groups is 1. The van der Waals surface area contributed by atoms with E-state index in [0.29, 0.717) is 0 Å². The minimum absolute atomic E-state index is 0.0489. The van der Waals surface area contributed by atoms with Crippen molar-refractivity contribution in [3.8, 4) is 5.75 Å². The van der Waals surface area contributed by atoms with Gasteiger partial charge in [0.1, 0.15) is 5.75 Å². The van der Waals surface area contributed by atoms with Gasteiger partial charge in [-0.2, -0.15) is 23.3 Å². The fourth-order valence-electron chi connectivity index (χ4n) is 2.69. The summed E-state index contributed by atoms with van der Waals surface area (Å²) in [6.45, 7) is -0.778. The molecule has 0 unspecified atom stereocenters. The zero-order chi connectivity index (χ0) is 21.2. The fraction of sp³-hybridized carbons (Fsp3) is 0.222.